The fraction of sp³-hybridized carbons (Fsp3) is 0.500. The summed E-state index contributed by atoms with van der Waals surface area (Å²) in [6, 6.07) is 3.74. The monoisotopic (exact) mass is 320 g/mol. The average Bonchev–Trinajstić information content (AvgIpc) is 3.16. The zero-order valence-electron chi connectivity index (χ0n) is 12.9. The first-order valence-electron chi connectivity index (χ1n) is 7.50. The van der Waals surface area contributed by atoms with Crippen molar-refractivity contribution >= 4 is 17.3 Å². The van der Waals surface area contributed by atoms with Crippen LogP contribution in [0.4, 0.5) is 0 Å². The van der Waals surface area contributed by atoms with E-state index in [1.165, 1.54) is 7.11 Å². The second-order valence-corrected chi connectivity index (χ2v) is 6.42. The van der Waals surface area contributed by atoms with Gasteiger partial charge in [-0.2, -0.15) is 0 Å². The van der Waals surface area contributed by atoms with Crippen LogP contribution in [0.5, 0.6) is 0 Å². The molecule has 1 aliphatic heterocycles. The van der Waals surface area contributed by atoms with Crippen LogP contribution in [-0.4, -0.2) is 35.5 Å². The van der Waals surface area contributed by atoms with Crippen LogP contribution in [0.3, 0.4) is 0 Å². The van der Waals surface area contributed by atoms with Crippen molar-refractivity contribution in [3.05, 3.63) is 29.0 Å². The number of aromatic nitrogens is 1. The van der Waals surface area contributed by atoms with E-state index in [-0.39, 0.29) is 12.0 Å². The number of piperidine rings is 1. The third kappa shape index (κ3) is 3.23. The molecule has 0 radical (unpaired) electrons. The molecule has 2 aromatic heterocycles. The van der Waals surface area contributed by atoms with E-state index >= 15 is 0 Å². The molecule has 1 saturated heterocycles. The van der Waals surface area contributed by atoms with Crippen molar-refractivity contribution in [2.24, 2.45) is 0 Å². The van der Waals surface area contributed by atoms with Crippen molar-refractivity contribution in [2.75, 3.05) is 13.7 Å². The lowest BCUT2D eigenvalue weighted by Crippen LogP contribution is -2.44. The fourth-order valence-corrected chi connectivity index (χ4v) is 3.60. The number of methoxy groups -OCH3 is 1. The molecule has 0 N–H and O–H groups in total. The van der Waals surface area contributed by atoms with Crippen LogP contribution < -0.4 is 0 Å². The molecule has 22 heavy (non-hydrogen) atoms. The normalized spacial score (nSPS) is 19.3. The molecule has 1 aliphatic rings. The maximum atomic E-state index is 11.9. The molecule has 3 heterocycles. The Hall–Kier alpha value is -1.66. The van der Waals surface area contributed by atoms with Crippen molar-refractivity contribution < 1.29 is 13.9 Å². The van der Waals surface area contributed by atoms with E-state index in [1.54, 1.807) is 11.3 Å². The lowest BCUT2D eigenvalue weighted by atomic mass is 10.0. The van der Waals surface area contributed by atoms with Crippen LogP contribution in [0.25, 0.3) is 10.8 Å². The maximum Gasteiger partial charge on any atom is 0.323 e. The molecule has 0 unspecified atom stereocenters. The maximum absolute atomic E-state index is 11.9. The number of carbonyl (C=O) groups is 1. The fourth-order valence-electron chi connectivity index (χ4n) is 2.83. The Bertz CT molecular complexity index is 649. The SMILES string of the molecule is COC(=O)[C@H]1CCCCN1Cc1csc(-c2ccc(C)o2)n1. The molecule has 2 aromatic rings. The Labute approximate surface area is 133 Å². The number of nitrogens with zero attached hydrogens (tertiary/aromatic N) is 2. The lowest BCUT2D eigenvalue weighted by molar-refractivity contribution is -0.148. The minimum atomic E-state index is -0.144. The molecule has 0 aliphatic carbocycles. The molecule has 0 amide bonds. The summed E-state index contributed by atoms with van der Waals surface area (Å²) in [5.74, 6) is 1.54. The predicted octanol–water partition coefficient (Wildman–Crippen LogP) is 3.24. The van der Waals surface area contributed by atoms with Crippen LogP contribution in [0.15, 0.2) is 21.9 Å². The van der Waals surface area contributed by atoms with Crippen molar-refractivity contribution in [1.29, 1.82) is 0 Å². The van der Waals surface area contributed by atoms with E-state index in [2.05, 4.69) is 9.88 Å². The molecular formula is C16H20N2O3S. The molecule has 0 aromatic carbocycles. The smallest absolute Gasteiger partial charge is 0.323 e. The first kappa shape index (κ1) is 15.2. The highest BCUT2D eigenvalue weighted by Crippen LogP contribution is 2.27. The van der Waals surface area contributed by atoms with Gasteiger partial charge in [0, 0.05) is 11.9 Å². The molecule has 118 valence electrons. The zero-order chi connectivity index (χ0) is 15.5. The van der Waals surface area contributed by atoms with Gasteiger partial charge >= 0.3 is 5.97 Å². The molecule has 1 atom stereocenters. The second kappa shape index (κ2) is 6.62. The number of likely N-dealkylation sites (tertiary alicyclic amines) is 1. The first-order chi connectivity index (χ1) is 10.7. The van der Waals surface area contributed by atoms with E-state index in [1.807, 2.05) is 24.4 Å². The molecule has 0 bridgehead atoms. The van der Waals surface area contributed by atoms with Gasteiger partial charge in [0.25, 0.3) is 0 Å². The number of furan rings is 1. The minimum absolute atomic E-state index is 0.142. The number of carbonyl (C=O) groups excluding carboxylic acids is 1. The Morgan fingerprint density at radius 2 is 2.36 bits per heavy atom. The summed E-state index contributed by atoms with van der Waals surface area (Å²) in [6.45, 7) is 3.51. The van der Waals surface area contributed by atoms with Crippen molar-refractivity contribution in [3.63, 3.8) is 0 Å². The van der Waals surface area contributed by atoms with Gasteiger partial charge in [0.1, 0.15) is 11.8 Å². The summed E-state index contributed by atoms with van der Waals surface area (Å²) in [4.78, 5) is 18.7. The average molecular weight is 320 g/mol. The van der Waals surface area contributed by atoms with Crippen LogP contribution >= 0.6 is 11.3 Å². The van der Waals surface area contributed by atoms with Gasteiger partial charge in [-0.05, 0) is 38.4 Å². The second-order valence-electron chi connectivity index (χ2n) is 5.56. The highest BCUT2D eigenvalue weighted by Gasteiger charge is 2.29. The Balaban J connectivity index is 1.72. The van der Waals surface area contributed by atoms with Gasteiger partial charge in [-0.15, -0.1) is 11.3 Å². The largest absolute Gasteiger partial charge is 0.468 e. The van der Waals surface area contributed by atoms with Gasteiger partial charge in [0.05, 0.1) is 12.8 Å². The molecule has 1 fully saturated rings. The van der Waals surface area contributed by atoms with E-state index in [0.29, 0.717) is 6.54 Å². The van der Waals surface area contributed by atoms with Crippen molar-refractivity contribution in [3.8, 4) is 10.8 Å². The van der Waals surface area contributed by atoms with Gasteiger partial charge in [0.15, 0.2) is 10.8 Å². The molecule has 0 spiro atoms. The zero-order valence-corrected chi connectivity index (χ0v) is 13.7. The van der Waals surface area contributed by atoms with Gasteiger partial charge in [-0.25, -0.2) is 4.98 Å². The number of rotatable bonds is 4. The summed E-state index contributed by atoms with van der Waals surface area (Å²) < 4.78 is 10.5. The van der Waals surface area contributed by atoms with E-state index in [0.717, 1.165) is 48.0 Å². The summed E-state index contributed by atoms with van der Waals surface area (Å²) in [5, 5.41) is 2.92. The van der Waals surface area contributed by atoms with Crippen LogP contribution in [0, 0.1) is 6.92 Å². The molecule has 5 nitrogen and oxygen atoms in total. The minimum Gasteiger partial charge on any atom is -0.468 e. The number of ether oxygens (including phenoxy) is 1. The topological polar surface area (TPSA) is 55.6 Å². The molecule has 3 rings (SSSR count). The summed E-state index contributed by atoms with van der Waals surface area (Å²) >= 11 is 1.57. The number of esters is 1. The number of hydrogen-bond acceptors (Lipinski definition) is 6. The molecule has 0 saturated carbocycles. The summed E-state index contributed by atoms with van der Waals surface area (Å²) in [5.41, 5.74) is 0.977. The van der Waals surface area contributed by atoms with Crippen LogP contribution in [0.1, 0.15) is 30.7 Å². The Morgan fingerprint density at radius 1 is 1.50 bits per heavy atom. The van der Waals surface area contributed by atoms with Gasteiger partial charge in [0.2, 0.25) is 0 Å². The highest BCUT2D eigenvalue weighted by atomic mass is 32.1. The number of hydrogen-bond donors (Lipinski definition) is 0. The van der Waals surface area contributed by atoms with Crippen molar-refractivity contribution in [2.45, 2.75) is 38.8 Å². The third-order valence-electron chi connectivity index (χ3n) is 3.95. The predicted molar refractivity (Wildman–Crippen MR) is 84.6 cm³/mol. The Kier molecular flexibility index (Phi) is 4.59. The Morgan fingerprint density at radius 3 is 3.09 bits per heavy atom. The van der Waals surface area contributed by atoms with Gasteiger partial charge in [-0.3, -0.25) is 9.69 Å². The summed E-state index contributed by atoms with van der Waals surface area (Å²) in [6.07, 6.45) is 3.05. The number of aryl methyl sites for hydroxylation is 1. The lowest BCUT2D eigenvalue weighted by Gasteiger charge is -2.33. The number of thiazole rings is 1. The van der Waals surface area contributed by atoms with E-state index < -0.39 is 0 Å². The van der Waals surface area contributed by atoms with E-state index in [9.17, 15) is 4.79 Å². The quantitative estimate of drug-likeness (QED) is 0.810. The molecule has 6 heteroatoms. The van der Waals surface area contributed by atoms with Crippen LogP contribution in [-0.2, 0) is 16.1 Å². The van der Waals surface area contributed by atoms with Crippen LogP contribution in [0.2, 0.25) is 0 Å². The van der Waals surface area contributed by atoms with Gasteiger partial charge < -0.3 is 9.15 Å². The third-order valence-corrected chi connectivity index (χ3v) is 4.86. The molecular weight excluding hydrogens is 300 g/mol. The van der Waals surface area contributed by atoms with Gasteiger partial charge in [-0.1, -0.05) is 6.42 Å². The highest BCUT2D eigenvalue weighted by molar-refractivity contribution is 7.13. The van der Waals surface area contributed by atoms with Crippen molar-refractivity contribution in [1.82, 2.24) is 9.88 Å². The summed E-state index contributed by atoms with van der Waals surface area (Å²) in [7, 11) is 1.45. The standard InChI is InChI=1S/C16H20N2O3S/c1-11-6-7-14(21-11)15-17-12(10-22-15)9-18-8-4-3-5-13(18)16(19)20-2/h6-7,10,13H,3-5,8-9H2,1-2H3/t13-/m1/s1. The van der Waals surface area contributed by atoms with E-state index in [4.69, 9.17) is 9.15 Å². The first-order valence-corrected chi connectivity index (χ1v) is 8.38.